The molecule has 172 valence electrons. The van der Waals surface area contributed by atoms with Crippen molar-refractivity contribution in [3.05, 3.63) is 101 Å². The van der Waals surface area contributed by atoms with Crippen molar-refractivity contribution in [2.75, 3.05) is 6.54 Å². The molecule has 6 heteroatoms. The second-order valence-electron chi connectivity index (χ2n) is 9.15. The molecule has 3 aromatic rings. The zero-order valence-electron chi connectivity index (χ0n) is 19.7. The Balaban J connectivity index is 1.65. The van der Waals surface area contributed by atoms with Crippen LogP contribution in [0.4, 0.5) is 0 Å². The smallest absolute Gasteiger partial charge is 0.273 e. The number of aryl methyl sites for hydroxylation is 1. The van der Waals surface area contributed by atoms with Crippen LogP contribution in [0.5, 0.6) is 0 Å². The molecule has 1 aromatic heterocycles. The monoisotopic (exact) mass is 445 g/mol. The molecule has 2 amide bonds. The average Bonchev–Trinajstić information content (AvgIpc) is 3.26. The third-order valence-corrected chi connectivity index (χ3v) is 5.35. The SMILES string of the molecule is C=CCN(Cc1cc(C(=O)NCc2ccc(C)cc2)no1)C(=O)c1ccc(C(C)(C)C)cc1. The van der Waals surface area contributed by atoms with E-state index in [4.69, 9.17) is 4.52 Å². The van der Waals surface area contributed by atoms with Crippen molar-refractivity contribution in [3.63, 3.8) is 0 Å². The molecule has 3 rings (SSSR count). The fraction of sp³-hybridized carbons (Fsp3) is 0.296. The quantitative estimate of drug-likeness (QED) is 0.493. The molecule has 0 saturated carbocycles. The van der Waals surface area contributed by atoms with Crippen LogP contribution < -0.4 is 5.32 Å². The first-order valence-electron chi connectivity index (χ1n) is 11.0. The minimum absolute atomic E-state index is 0.0125. The number of hydrogen-bond acceptors (Lipinski definition) is 4. The first-order valence-corrected chi connectivity index (χ1v) is 11.0. The molecule has 0 aliphatic carbocycles. The molecular weight excluding hydrogens is 414 g/mol. The van der Waals surface area contributed by atoms with Gasteiger partial charge < -0.3 is 14.7 Å². The summed E-state index contributed by atoms with van der Waals surface area (Å²) >= 11 is 0. The van der Waals surface area contributed by atoms with E-state index >= 15 is 0 Å². The second-order valence-corrected chi connectivity index (χ2v) is 9.15. The van der Waals surface area contributed by atoms with Gasteiger partial charge in [-0.25, -0.2) is 0 Å². The Morgan fingerprint density at radius 2 is 1.76 bits per heavy atom. The molecule has 0 aliphatic rings. The van der Waals surface area contributed by atoms with Crippen LogP contribution in [-0.4, -0.2) is 28.4 Å². The summed E-state index contributed by atoms with van der Waals surface area (Å²) < 4.78 is 5.34. The van der Waals surface area contributed by atoms with Crippen molar-refractivity contribution in [2.45, 2.75) is 46.2 Å². The highest BCUT2D eigenvalue weighted by Crippen LogP contribution is 2.23. The van der Waals surface area contributed by atoms with Gasteiger partial charge in [0, 0.05) is 24.7 Å². The number of hydrogen-bond donors (Lipinski definition) is 1. The third-order valence-electron chi connectivity index (χ3n) is 5.35. The van der Waals surface area contributed by atoms with Crippen LogP contribution >= 0.6 is 0 Å². The lowest BCUT2D eigenvalue weighted by molar-refractivity contribution is 0.0747. The molecule has 0 atom stereocenters. The maximum Gasteiger partial charge on any atom is 0.273 e. The van der Waals surface area contributed by atoms with Gasteiger partial charge in [-0.3, -0.25) is 9.59 Å². The van der Waals surface area contributed by atoms with Crippen molar-refractivity contribution in [2.24, 2.45) is 0 Å². The molecule has 0 aliphatic heterocycles. The summed E-state index contributed by atoms with van der Waals surface area (Å²) in [6.07, 6.45) is 1.66. The van der Waals surface area contributed by atoms with E-state index in [-0.39, 0.29) is 29.5 Å². The summed E-state index contributed by atoms with van der Waals surface area (Å²) in [4.78, 5) is 27.1. The highest BCUT2D eigenvalue weighted by Gasteiger charge is 2.20. The van der Waals surface area contributed by atoms with E-state index in [1.165, 1.54) is 0 Å². The lowest BCUT2D eigenvalue weighted by Gasteiger charge is -2.22. The van der Waals surface area contributed by atoms with Gasteiger partial charge in [0.25, 0.3) is 11.8 Å². The summed E-state index contributed by atoms with van der Waals surface area (Å²) in [5, 5.41) is 6.71. The van der Waals surface area contributed by atoms with Crippen LogP contribution in [0.1, 0.15) is 64.1 Å². The number of rotatable bonds is 8. The second kappa shape index (κ2) is 10.3. The standard InChI is InChI=1S/C27H31N3O3/c1-6-15-30(26(32)21-11-13-22(14-12-21)27(3,4)5)18-23-16-24(29-33-23)25(31)28-17-20-9-7-19(2)8-10-20/h6-14,16H,1,15,17-18H2,2-5H3,(H,28,31). The van der Waals surface area contributed by atoms with Crippen LogP contribution in [0, 0.1) is 6.92 Å². The Bertz CT molecular complexity index is 1110. The van der Waals surface area contributed by atoms with Crippen LogP contribution in [0.3, 0.4) is 0 Å². The number of amides is 2. The van der Waals surface area contributed by atoms with Crippen molar-refractivity contribution in [3.8, 4) is 0 Å². The fourth-order valence-corrected chi connectivity index (χ4v) is 3.33. The molecule has 0 saturated heterocycles. The molecule has 6 nitrogen and oxygen atoms in total. The Kier molecular flexibility index (Phi) is 7.48. The maximum absolute atomic E-state index is 13.1. The summed E-state index contributed by atoms with van der Waals surface area (Å²) in [6.45, 7) is 13.1. The molecule has 33 heavy (non-hydrogen) atoms. The third kappa shape index (κ3) is 6.42. The van der Waals surface area contributed by atoms with Gasteiger partial charge in [-0.1, -0.05) is 74.0 Å². The van der Waals surface area contributed by atoms with E-state index in [0.29, 0.717) is 24.4 Å². The van der Waals surface area contributed by atoms with Crippen LogP contribution in [0.2, 0.25) is 0 Å². The molecule has 2 aromatic carbocycles. The number of carbonyl (C=O) groups is 2. The molecular formula is C27H31N3O3. The Morgan fingerprint density at radius 1 is 1.09 bits per heavy atom. The summed E-state index contributed by atoms with van der Waals surface area (Å²) in [5.41, 5.74) is 4.09. The minimum atomic E-state index is -0.329. The zero-order valence-corrected chi connectivity index (χ0v) is 19.7. The van der Waals surface area contributed by atoms with Crippen LogP contribution in [0.25, 0.3) is 0 Å². The highest BCUT2D eigenvalue weighted by atomic mass is 16.5. The minimum Gasteiger partial charge on any atom is -0.359 e. The van der Waals surface area contributed by atoms with Gasteiger partial charge in [0.1, 0.15) is 0 Å². The van der Waals surface area contributed by atoms with Gasteiger partial charge in [-0.05, 0) is 35.6 Å². The number of carbonyl (C=O) groups excluding carboxylic acids is 2. The van der Waals surface area contributed by atoms with E-state index in [9.17, 15) is 9.59 Å². The van der Waals surface area contributed by atoms with E-state index in [0.717, 1.165) is 16.7 Å². The Morgan fingerprint density at radius 3 is 2.36 bits per heavy atom. The van der Waals surface area contributed by atoms with E-state index in [1.54, 1.807) is 17.0 Å². The topological polar surface area (TPSA) is 75.4 Å². The van der Waals surface area contributed by atoms with Gasteiger partial charge in [0.05, 0.1) is 6.54 Å². The fourth-order valence-electron chi connectivity index (χ4n) is 3.33. The highest BCUT2D eigenvalue weighted by molar-refractivity contribution is 5.94. The predicted octanol–water partition coefficient (Wildman–Crippen LogP) is 5.04. The van der Waals surface area contributed by atoms with Crippen molar-refractivity contribution in [1.82, 2.24) is 15.4 Å². The van der Waals surface area contributed by atoms with E-state index in [1.807, 2.05) is 55.5 Å². The summed E-state index contributed by atoms with van der Waals surface area (Å²) in [5.74, 6) is -0.0425. The van der Waals surface area contributed by atoms with Gasteiger partial charge in [-0.15, -0.1) is 6.58 Å². The molecule has 1 heterocycles. The molecule has 0 fully saturated rings. The number of benzene rings is 2. The summed E-state index contributed by atoms with van der Waals surface area (Å²) in [7, 11) is 0. The lowest BCUT2D eigenvalue weighted by Crippen LogP contribution is -2.30. The lowest BCUT2D eigenvalue weighted by atomic mass is 9.86. The maximum atomic E-state index is 13.1. The Labute approximate surface area is 195 Å². The van der Waals surface area contributed by atoms with Crippen molar-refractivity contribution < 1.29 is 14.1 Å². The van der Waals surface area contributed by atoms with Crippen molar-refractivity contribution in [1.29, 1.82) is 0 Å². The average molecular weight is 446 g/mol. The first-order chi connectivity index (χ1) is 15.7. The van der Waals surface area contributed by atoms with Gasteiger partial charge in [0.15, 0.2) is 11.5 Å². The normalized spacial score (nSPS) is 11.2. The molecule has 0 bridgehead atoms. The Hall–Kier alpha value is -3.67. The molecule has 0 radical (unpaired) electrons. The first kappa shape index (κ1) is 24.0. The number of aromatic nitrogens is 1. The molecule has 1 N–H and O–H groups in total. The number of nitrogens with one attached hydrogen (secondary N) is 1. The van der Waals surface area contributed by atoms with E-state index in [2.05, 4.69) is 37.8 Å². The van der Waals surface area contributed by atoms with Crippen LogP contribution in [0.15, 0.2) is 71.8 Å². The van der Waals surface area contributed by atoms with Gasteiger partial charge in [-0.2, -0.15) is 0 Å². The predicted molar refractivity (Wildman–Crippen MR) is 129 cm³/mol. The van der Waals surface area contributed by atoms with Gasteiger partial charge in [0.2, 0.25) is 0 Å². The molecule has 0 spiro atoms. The molecule has 0 unspecified atom stereocenters. The zero-order chi connectivity index (χ0) is 24.0. The van der Waals surface area contributed by atoms with Crippen LogP contribution in [-0.2, 0) is 18.5 Å². The van der Waals surface area contributed by atoms with Crippen molar-refractivity contribution >= 4 is 11.8 Å². The largest absolute Gasteiger partial charge is 0.359 e. The number of nitrogens with zero attached hydrogens (tertiary/aromatic N) is 2. The summed E-state index contributed by atoms with van der Waals surface area (Å²) in [6, 6.07) is 17.1. The van der Waals surface area contributed by atoms with E-state index < -0.39 is 0 Å². The van der Waals surface area contributed by atoms with Gasteiger partial charge >= 0.3 is 0 Å².